The van der Waals surface area contributed by atoms with E-state index in [1.165, 1.54) is 4.68 Å². The van der Waals surface area contributed by atoms with Crippen LogP contribution >= 0.6 is 0 Å². The Hall–Kier alpha value is -4.00. The van der Waals surface area contributed by atoms with E-state index in [-0.39, 0.29) is 5.69 Å². The molecule has 0 aliphatic rings. The fourth-order valence-corrected chi connectivity index (χ4v) is 2.66. The van der Waals surface area contributed by atoms with Crippen LogP contribution in [0.15, 0.2) is 79.1 Å². The second kappa shape index (κ2) is 7.09. The molecule has 7 heteroatoms. The Kier molecular flexibility index (Phi) is 4.32. The summed E-state index contributed by atoms with van der Waals surface area (Å²) in [6, 6.07) is 20.1. The number of hydrogen-bond donors (Lipinski definition) is 1. The van der Waals surface area contributed by atoms with Crippen molar-refractivity contribution in [3.63, 3.8) is 0 Å². The molecule has 0 spiro atoms. The van der Waals surface area contributed by atoms with Gasteiger partial charge in [0.1, 0.15) is 17.2 Å². The molecule has 0 amide bonds. The van der Waals surface area contributed by atoms with Gasteiger partial charge in [0.15, 0.2) is 5.69 Å². The van der Waals surface area contributed by atoms with Crippen molar-refractivity contribution in [2.75, 3.05) is 0 Å². The third kappa shape index (κ3) is 3.38. The second-order valence-corrected chi connectivity index (χ2v) is 5.65. The van der Waals surface area contributed by atoms with Crippen molar-refractivity contribution < 1.29 is 14.6 Å². The summed E-state index contributed by atoms with van der Waals surface area (Å²) in [5, 5.41) is 17.3. The number of pyridine rings is 1. The van der Waals surface area contributed by atoms with Crippen molar-refractivity contribution in [1.82, 2.24) is 20.0 Å². The number of ether oxygens (including phenoxy) is 1. The van der Waals surface area contributed by atoms with Crippen LogP contribution in [0.3, 0.4) is 0 Å². The molecule has 0 saturated heterocycles. The zero-order valence-corrected chi connectivity index (χ0v) is 14.1. The van der Waals surface area contributed by atoms with Crippen LogP contribution in [0.25, 0.3) is 16.9 Å². The first-order valence-electron chi connectivity index (χ1n) is 8.15. The van der Waals surface area contributed by atoms with Gasteiger partial charge in [0, 0.05) is 18.0 Å². The van der Waals surface area contributed by atoms with Crippen LogP contribution < -0.4 is 4.74 Å². The number of aromatic carboxylic acids is 1. The van der Waals surface area contributed by atoms with Crippen LogP contribution in [0.4, 0.5) is 0 Å². The van der Waals surface area contributed by atoms with Crippen molar-refractivity contribution in [1.29, 1.82) is 0 Å². The zero-order valence-electron chi connectivity index (χ0n) is 14.1. The van der Waals surface area contributed by atoms with Gasteiger partial charge >= 0.3 is 5.97 Å². The van der Waals surface area contributed by atoms with E-state index in [0.717, 1.165) is 5.75 Å². The summed E-state index contributed by atoms with van der Waals surface area (Å²) in [5.41, 5.74) is 1.60. The lowest BCUT2D eigenvalue weighted by Crippen LogP contribution is -2.03. The van der Waals surface area contributed by atoms with Crippen molar-refractivity contribution in [2.45, 2.75) is 0 Å². The van der Waals surface area contributed by atoms with Gasteiger partial charge in [-0.2, -0.15) is 0 Å². The normalized spacial score (nSPS) is 10.5. The highest BCUT2D eigenvalue weighted by molar-refractivity contribution is 5.93. The van der Waals surface area contributed by atoms with Crippen molar-refractivity contribution in [2.24, 2.45) is 0 Å². The van der Waals surface area contributed by atoms with Gasteiger partial charge in [-0.05, 0) is 48.5 Å². The molecule has 0 saturated carbocycles. The van der Waals surface area contributed by atoms with E-state index in [0.29, 0.717) is 22.7 Å². The Morgan fingerprint density at radius 1 is 0.889 bits per heavy atom. The van der Waals surface area contributed by atoms with Crippen LogP contribution in [0.2, 0.25) is 0 Å². The second-order valence-electron chi connectivity index (χ2n) is 5.65. The number of rotatable bonds is 5. The molecule has 2 aromatic carbocycles. The molecular formula is C20H14N4O3. The molecule has 0 aliphatic carbocycles. The summed E-state index contributed by atoms with van der Waals surface area (Å²) in [5.74, 6) is 0.253. The highest BCUT2D eigenvalue weighted by Crippen LogP contribution is 2.27. The fourth-order valence-electron chi connectivity index (χ4n) is 2.66. The molecule has 0 fully saturated rings. The minimum atomic E-state index is -1.14. The maximum Gasteiger partial charge on any atom is 0.358 e. The SMILES string of the molecule is O=C(O)c1nnn(-c2ccc(Oc3ccccc3)cc2)c1-c1ccncc1. The minimum absolute atomic E-state index is 0.120. The predicted molar refractivity (Wildman–Crippen MR) is 98.1 cm³/mol. The summed E-state index contributed by atoms with van der Waals surface area (Å²) in [4.78, 5) is 15.5. The lowest BCUT2D eigenvalue weighted by molar-refractivity contribution is 0.0691. The van der Waals surface area contributed by atoms with E-state index in [9.17, 15) is 9.90 Å². The van der Waals surface area contributed by atoms with E-state index < -0.39 is 5.97 Å². The predicted octanol–water partition coefficient (Wildman–Crippen LogP) is 3.82. The quantitative estimate of drug-likeness (QED) is 0.583. The van der Waals surface area contributed by atoms with Crippen LogP contribution in [-0.2, 0) is 0 Å². The average molecular weight is 358 g/mol. The molecule has 7 nitrogen and oxygen atoms in total. The summed E-state index contributed by atoms with van der Waals surface area (Å²) in [6.07, 6.45) is 3.18. The third-order valence-corrected chi connectivity index (χ3v) is 3.89. The van der Waals surface area contributed by atoms with Gasteiger partial charge in [0.05, 0.1) is 5.69 Å². The van der Waals surface area contributed by atoms with Crippen LogP contribution in [0.1, 0.15) is 10.5 Å². The Morgan fingerprint density at radius 3 is 2.22 bits per heavy atom. The molecule has 2 aromatic heterocycles. The third-order valence-electron chi connectivity index (χ3n) is 3.89. The molecule has 2 heterocycles. The highest BCUT2D eigenvalue weighted by Gasteiger charge is 2.21. The molecule has 4 aromatic rings. The maximum atomic E-state index is 11.5. The minimum Gasteiger partial charge on any atom is -0.476 e. The molecule has 4 rings (SSSR count). The van der Waals surface area contributed by atoms with Crippen molar-refractivity contribution >= 4 is 5.97 Å². The Labute approximate surface area is 154 Å². The smallest absolute Gasteiger partial charge is 0.358 e. The number of carbonyl (C=O) groups is 1. The van der Waals surface area contributed by atoms with Gasteiger partial charge in [-0.3, -0.25) is 4.98 Å². The first-order valence-corrected chi connectivity index (χ1v) is 8.15. The van der Waals surface area contributed by atoms with E-state index in [1.54, 1.807) is 48.8 Å². The number of para-hydroxylation sites is 1. The van der Waals surface area contributed by atoms with Gasteiger partial charge in [-0.15, -0.1) is 5.10 Å². The molecule has 27 heavy (non-hydrogen) atoms. The molecule has 0 bridgehead atoms. The largest absolute Gasteiger partial charge is 0.476 e. The average Bonchev–Trinajstić information content (AvgIpc) is 3.15. The van der Waals surface area contributed by atoms with Crippen LogP contribution in [-0.4, -0.2) is 31.1 Å². The van der Waals surface area contributed by atoms with Crippen molar-refractivity contribution in [3.8, 4) is 28.4 Å². The summed E-state index contributed by atoms with van der Waals surface area (Å²) in [6.45, 7) is 0. The molecule has 0 radical (unpaired) electrons. The molecule has 0 aliphatic heterocycles. The molecule has 0 atom stereocenters. The number of nitrogens with zero attached hydrogens (tertiary/aromatic N) is 4. The van der Waals surface area contributed by atoms with Gasteiger partial charge in [0.25, 0.3) is 0 Å². The number of hydrogen-bond acceptors (Lipinski definition) is 5. The maximum absolute atomic E-state index is 11.5. The topological polar surface area (TPSA) is 90.1 Å². The number of carboxylic acids is 1. The fraction of sp³-hybridized carbons (Fsp3) is 0. The molecule has 1 N–H and O–H groups in total. The Balaban J connectivity index is 1.70. The van der Waals surface area contributed by atoms with Gasteiger partial charge < -0.3 is 9.84 Å². The van der Waals surface area contributed by atoms with E-state index in [4.69, 9.17) is 4.74 Å². The molecular weight excluding hydrogens is 344 g/mol. The summed E-state index contributed by atoms with van der Waals surface area (Å²) >= 11 is 0. The number of benzene rings is 2. The Morgan fingerprint density at radius 2 is 1.56 bits per heavy atom. The summed E-state index contributed by atoms with van der Waals surface area (Å²) in [7, 11) is 0. The summed E-state index contributed by atoms with van der Waals surface area (Å²) < 4.78 is 7.27. The highest BCUT2D eigenvalue weighted by atomic mass is 16.5. The molecule has 132 valence electrons. The number of aromatic nitrogens is 4. The van der Waals surface area contributed by atoms with E-state index in [2.05, 4.69) is 15.3 Å². The van der Waals surface area contributed by atoms with Gasteiger partial charge in [0.2, 0.25) is 0 Å². The van der Waals surface area contributed by atoms with Gasteiger partial charge in [-0.1, -0.05) is 23.4 Å². The standard InChI is InChI=1S/C20H14N4O3/c25-20(26)18-19(14-10-12-21-13-11-14)24(23-22-18)15-6-8-17(9-7-15)27-16-4-2-1-3-5-16/h1-13H,(H,25,26). The lowest BCUT2D eigenvalue weighted by atomic mass is 10.1. The van der Waals surface area contributed by atoms with Crippen molar-refractivity contribution in [3.05, 3.63) is 84.8 Å². The van der Waals surface area contributed by atoms with Crippen LogP contribution in [0.5, 0.6) is 11.5 Å². The molecule has 0 unspecified atom stereocenters. The van der Waals surface area contributed by atoms with E-state index >= 15 is 0 Å². The monoisotopic (exact) mass is 358 g/mol. The number of carboxylic acid groups (broad SMARTS) is 1. The Bertz CT molecular complexity index is 1060. The van der Waals surface area contributed by atoms with E-state index in [1.807, 2.05) is 30.3 Å². The lowest BCUT2D eigenvalue weighted by Gasteiger charge is -2.09. The first-order chi connectivity index (χ1) is 13.2. The first kappa shape index (κ1) is 16.5. The van der Waals surface area contributed by atoms with Crippen LogP contribution in [0, 0.1) is 0 Å². The van der Waals surface area contributed by atoms with Gasteiger partial charge in [-0.25, -0.2) is 9.48 Å². The zero-order chi connectivity index (χ0) is 18.6.